The summed E-state index contributed by atoms with van der Waals surface area (Å²) in [5.74, 6) is 0. The quantitative estimate of drug-likeness (QED) is 0.169. The molecule has 2 aliphatic carbocycles. The van der Waals surface area contributed by atoms with Crippen LogP contribution in [0.5, 0.6) is 0 Å². The molecule has 0 saturated carbocycles. The van der Waals surface area contributed by atoms with Gasteiger partial charge in [-0.1, -0.05) is 180 Å². The third-order valence-electron chi connectivity index (χ3n) is 11.7. The molecule has 55 heavy (non-hydrogen) atoms. The van der Waals surface area contributed by atoms with Gasteiger partial charge in [0.2, 0.25) is 0 Å². The van der Waals surface area contributed by atoms with Crippen molar-refractivity contribution in [1.82, 2.24) is 0 Å². The van der Waals surface area contributed by atoms with Crippen molar-refractivity contribution in [2.75, 3.05) is 4.90 Å². The van der Waals surface area contributed by atoms with Crippen LogP contribution < -0.4 is 4.90 Å². The van der Waals surface area contributed by atoms with Crippen LogP contribution in [0.3, 0.4) is 0 Å². The van der Waals surface area contributed by atoms with E-state index in [-0.39, 0.29) is 0 Å². The van der Waals surface area contributed by atoms with Gasteiger partial charge in [0.05, 0.1) is 16.8 Å². The van der Waals surface area contributed by atoms with E-state index in [1.54, 1.807) is 0 Å². The van der Waals surface area contributed by atoms with Crippen molar-refractivity contribution in [3.05, 3.63) is 233 Å². The summed E-state index contributed by atoms with van der Waals surface area (Å²) in [6, 6.07) is 76.0. The number of fused-ring (bicyclic) bond motifs is 11. The molecule has 11 rings (SSSR count). The SMILES string of the molecule is Brc1ccc2c(c1)C1(c3ccccc3-2)c2ccccc2-c2ccc(N(c3ccc(-c4ccccc4)cc3-c3ccccc3)c3cccc4ccccc34)cc21. The van der Waals surface area contributed by atoms with Gasteiger partial charge in [0, 0.05) is 21.1 Å². The lowest BCUT2D eigenvalue weighted by molar-refractivity contribution is 0.793. The zero-order valence-corrected chi connectivity index (χ0v) is 31.5. The van der Waals surface area contributed by atoms with Gasteiger partial charge in [-0.3, -0.25) is 0 Å². The Labute approximate surface area is 329 Å². The highest BCUT2D eigenvalue weighted by Crippen LogP contribution is 2.63. The average molecular weight is 765 g/mol. The van der Waals surface area contributed by atoms with Gasteiger partial charge in [-0.25, -0.2) is 0 Å². The molecule has 2 aliphatic rings. The molecule has 0 N–H and O–H groups in total. The molecule has 9 aromatic rings. The number of nitrogens with zero attached hydrogens (tertiary/aromatic N) is 1. The van der Waals surface area contributed by atoms with Crippen LogP contribution in [-0.4, -0.2) is 0 Å². The fourth-order valence-electron chi connectivity index (χ4n) is 9.44. The molecule has 1 nitrogen and oxygen atoms in total. The second-order valence-electron chi connectivity index (χ2n) is 14.6. The van der Waals surface area contributed by atoms with Crippen LogP contribution >= 0.6 is 15.9 Å². The third-order valence-corrected chi connectivity index (χ3v) is 12.2. The summed E-state index contributed by atoms with van der Waals surface area (Å²) in [7, 11) is 0. The van der Waals surface area contributed by atoms with Crippen LogP contribution in [0.1, 0.15) is 22.3 Å². The lowest BCUT2D eigenvalue weighted by atomic mass is 9.70. The highest BCUT2D eigenvalue weighted by molar-refractivity contribution is 9.10. The molecule has 9 aromatic carbocycles. The Bertz CT molecular complexity index is 2930. The largest absolute Gasteiger partial charge is 0.309 e. The van der Waals surface area contributed by atoms with Gasteiger partial charge in [-0.05, 0) is 109 Å². The van der Waals surface area contributed by atoms with Crippen LogP contribution in [0, 0.1) is 0 Å². The summed E-state index contributed by atoms with van der Waals surface area (Å²) < 4.78 is 1.09. The van der Waals surface area contributed by atoms with Crippen molar-refractivity contribution in [2.24, 2.45) is 0 Å². The summed E-state index contributed by atoms with van der Waals surface area (Å²) in [6.45, 7) is 0. The van der Waals surface area contributed by atoms with Gasteiger partial charge >= 0.3 is 0 Å². The summed E-state index contributed by atoms with van der Waals surface area (Å²) in [6.07, 6.45) is 0. The number of rotatable bonds is 5. The van der Waals surface area contributed by atoms with Gasteiger partial charge < -0.3 is 4.90 Å². The molecule has 0 saturated heterocycles. The molecule has 1 unspecified atom stereocenters. The molecule has 0 radical (unpaired) electrons. The maximum absolute atomic E-state index is 3.89. The number of halogens is 1. The van der Waals surface area contributed by atoms with Crippen molar-refractivity contribution >= 4 is 43.8 Å². The Morgan fingerprint density at radius 1 is 0.345 bits per heavy atom. The van der Waals surface area contributed by atoms with Gasteiger partial charge in [0.25, 0.3) is 0 Å². The maximum Gasteiger partial charge on any atom is 0.0726 e. The number of hydrogen-bond donors (Lipinski definition) is 0. The van der Waals surface area contributed by atoms with Crippen LogP contribution in [-0.2, 0) is 5.41 Å². The molecule has 0 fully saturated rings. The maximum atomic E-state index is 3.89. The minimum absolute atomic E-state index is 0.471. The van der Waals surface area contributed by atoms with Gasteiger partial charge in [0.15, 0.2) is 0 Å². The molecule has 1 spiro atoms. The Morgan fingerprint density at radius 3 is 1.67 bits per heavy atom. The van der Waals surface area contributed by atoms with E-state index in [0.717, 1.165) is 21.5 Å². The van der Waals surface area contributed by atoms with E-state index in [1.165, 1.54) is 77.5 Å². The van der Waals surface area contributed by atoms with Gasteiger partial charge in [0.1, 0.15) is 0 Å². The smallest absolute Gasteiger partial charge is 0.0726 e. The number of benzene rings is 9. The first kappa shape index (κ1) is 32.0. The molecule has 0 amide bonds. The second kappa shape index (κ2) is 12.6. The Hall–Kier alpha value is -6.48. The van der Waals surface area contributed by atoms with E-state index in [4.69, 9.17) is 0 Å². The molecule has 2 heteroatoms. The van der Waals surface area contributed by atoms with E-state index in [9.17, 15) is 0 Å². The van der Waals surface area contributed by atoms with Crippen molar-refractivity contribution in [3.63, 3.8) is 0 Å². The Kier molecular flexibility index (Phi) is 7.30. The van der Waals surface area contributed by atoms with E-state index in [2.05, 4.69) is 227 Å². The molecule has 0 aliphatic heterocycles. The van der Waals surface area contributed by atoms with Crippen LogP contribution in [0.4, 0.5) is 17.1 Å². The zero-order chi connectivity index (χ0) is 36.5. The lowest BCUT2D eigenvalue weighted by Gasteiger charge is -2.33. The van der Waals surface area contributed by atoms with Gasteiger partial charge in [-0.2, -0.15) is 0 Å². The number of hydrogen-bond acceptors (Lipinski definition) is 1. The summed E-state index contributed by atoms with van der Waals surface area (Å²) in [5.41, 5.74) is 18.1. The molecule has 0 aromatic heterocycles. The Balaban J connectivity index is 1.23. The summed E-state index contributed by atoms with van der Waals surface area (Å²) >= 11 is 3.89. The van der Waals surface area contributed by atoms with Crippen LogP contribution in [0.2, 0.25) is 0 Å². The monoisotopic (exact) mass is 763 g/mol. The average Bonchev–Trinajstić information content (AvgIpc) is 3.71. The highest BCUT2D eigenvalue weighted by atomic mass is 79.9. The topological polar surface area (TPSA) is 3.24 Å². The van der Waals surface area contributed by atoms with E-state index in [1.807, 2.05) is 0 Å². The minimum atomic E-state index is -0.471. The first-order chi connectivity index (χ1) is 27.2. The lowest BCUT2D eigenvalue weighted by Crippen LogP contribution is -2.26. The van der Waals surface area contributed by atoms with Crippen molar-refractivity contribution in [3.8, 4) is 44.5 Å². The van der Waals surface area contributed by atoms with E-state index < -0.39 is 5.41 Å². The van der Waals surface area contributed by atoms with Crippen LogP contribution in [0.15, 0.2) is 211 Å². The van der Waals surface area contributed by atoms with Gasteiger partial charge in [-0.15, -0.1) is 0 Å². The Morgan fingerprint density at radius 2 is 0.927 bits per heavy atom. The molecular weight excluding hydrogens is 730 g/mol. The first-order valence-corrected chi connectivity index (χ1v) is 19.7. The predicted octanol–water partition coefficient (Wildman–Crippen LogP) is 14.7. The standard InChI is InChI=1S/C53H34BrN/c54-39-27-29-44-42-21-9-11-23-47(42)53(49(44)33-39)48-24-12-10-22-43(48)45-30-28-40(34-50(45)53)55(51-25-13-19-36-18-7-8-20-41(36)51)52-31-26-38(35-14-3-1-4-15-35)32-46(52)37-16-5-2-6-17-37/h1-34H. The normalized spacial score (nSPS) is 14.7. The third kappa shape index (κ3) is 4.78. The zero-order valence-electron chi connectivity index (χ0n) is 30.0. The second-order valence-corrected chi connectivity index (χ2v) is 15.5. The van der Waals surface area contributed by atoms with Crippen molar-refractivity contribution in [1.29, 1.82) is 0 Å². The molecule has 0 bridgehead atoms. The predicted molar refractivity (Wildman–Crippen MR) is 234 cm³/mol. The summed E-state index contributed by atoms with van der Waals surface area (Å²) in [4.78, 5) is 2.50. The summed E-state index contributed by atoms with van der Waals surface area (Å²) in [5, 5.41) is 2.41. The van der Waals surface area contributed by atoms with Crippen LogP contribution in [0.25, 0.3) is 55.3 Å². The van der Waals surface area contributed by atoms with E-state index >= 15 is 0 Å². The van der Waals surface area contributed by atoms with E-state index in [0.29, 0.717) is 0 Å². The molecule has 0 heterocycles. The fourth-order valence-corrected chi connectivity index (χ4v) is 9.80. The first-order valence-electron chi connectivity index (χ1n) is 18.9. The molecule has 1 atom stereocenters. The minimum Gasteiger partial charge on any atom is -0.309 e. The number of anilines is 3. The van der Waals surface area contributed by atoms with Crippen molar-refractivity contribution < 1.29 is 0 Å². The highest BCUT2D eigenvalue weighted by Gasteiger charge is 2.51. The fraction of sp³-hybridized carbons (Fsp3) is 0.0189. The molecule has 258 valence electrons. The van der Waals surface area contributed by atoms with Crippen molar-refractivity contribution in [2.45, 2.75) is 5.41 Å². The molecular formula is C53H34BrN.